The Bertz CT molecular complexity index is 2070. The highest BCUT2D eigenvalue weighted by atomic mass is 32.2. The monoisotopic (exact) mass is 821 g/mol. The van der Waals surface area contributed by atoms with Crippen molar-refractivity contribution in [2.24, 2.45) is 17.8 Å². The Morgan fingerprint density at radius 1 is 1.03 bits per heavy atom. The van der Waals surface area contributed by atoms with E-state index in [0.717, 1.165) is 68.7 Å². The van der Waals surface area contributed by atoms with Gasteiger partial charge in [-0.25, -0.2) is 18.2 Å². The van der Waals surface area contributed by atoms with Crippen LogP contribution < -0.4 is 29.6 Å². The lowest BCUT2D eigenvalue weighted by Gasteiger charge is -2.32. The van der Waals surface area contributed by atoms with Gasteiger partial charge in [-0.05, 0) is 101 Å². The number of benzene rings is 1. The van der Waals surface area contributed by atoms with Gasteiger partial charge in [0.1, 0.15) is 41.3 Å². The van der Waals surface area contributed by atoms with Crippen LogP contribution in [0.4, 0.5) is 4.79 Å². The summed E-state index contributed by atoms with van der Waals surface area (Å²) in [5, 5.41) is 5.90. The molecule has 6 aliphatic rings. The molecule has 0 spiro atoms. The molecule has 1 aromatic carbocycles. The molecular formula is C42H55N5O10S. The molecule has 4 aliphatic carbocycles. The quantitative estimate of drug-likeness (QED) is 0.287. The number of hydrogen-bond acceptors (Lipinski definition) is 11. The van der Waals surface area contributed by atoms with Gasteiger partial charge in [-0.3, -0.25) is 19.1 Å². The SMILES string of the molecule is C=C[C@@H]1C[C@]1(NC(=O)[C@@H]1C[C@@H]2CN1C(=O)[C@H](C1CCCC1)NC(=O)O[C@@H]1CCC[C@@H]1CCCc1cc3c(cc(OCC)nc3cc1OC)O2)C(=O)NS(=O)(=O)C1CC1. The van der Waals surface area contributed by atoms with E-state index in [9.17, 15) is 27.6 Å². The number of carbonyl (C=O) groups is 4. The van der Waals surface area contributed by atoms with Crippen LogP contribution in [0.5, 0.6) is 17.4 Å². The van der Waals surface area contributed by atoms with Gasteiger partial charge in [0.15, 0.2) is 0 Å². The minimum atomic E-state index is -3.90. The number of alkyl carbamates (subject to hydrolysis) is 1. The van der Waals surface area contributed by atoms with Crippen molar-refractivity contribution in [1.82, 2.24) is 25.2 Å². The molecule has 3 N–H and O–H groups in total. The van der Waals surface area contributed by atoms with Crippen LogP contribution >= 0.6 is 0 Å². The summed E-state index contributed by atoms with van der Waals surface area (Å²) in [6.45, 7) is 6.04. The number of rotatable bonds is 10. The average molecular weight is 822 g/mol. The molecule has 1 aromatic heterocycles. The normalized spacial score (nSPS) is 30.3. The number of ether oxygens (including phenoxy) is 4. The Labute approximate surface area is 339 Å². The van der Waals surface area contributed by atoms with Crippen LogP contribution in [-0.2, 0) is 35.6 Å². The molecule has 7 atom stereocenters. The molecule has 3 heterocycles. The Hall–Kier alpha value is -4.60. The molecule has 0 unspecified atom stereocenters. The first-order valence-corrected chi connectivity index (χ1v) is 22.6. The van der Waals surface area contributed by atoms with Gasteiger partial charge in [0.2, 0.25) is 27.7 Å². The molecule has 58 heavy (non-hydrogen) atoms. The van der Waals surface area contributed by atoms with Crippen molar-refractivity contribution in [1.29, 1.82) is 0 Å². The number of methoxy groups -OCH3 is 1. The number of nitrogens with zero attached hydrogens (tertiary/aromatic N) is 2. The van der Waals surface area contributed by atoms with Gasteiger partial charge in [0.25, 0.3) is 5.91 Å². The third-order valence-electron chi connectivity index (χ3n) is 13.1. The summed E-state index contributed by atoms with van der Waals surface area (Å²) >= 11 is 0. The summed E-state index contributed by atoms with van der Waals surface area (Å²) in [5.74, 6) is -0.908. The maximum Gasteiger partial charge on any atom is 0.408 e. The van der Waals surface area contributed by atoms with Crippen LogP contribution in [-0.4, -0.2) is 97.5 Å². The first-order valence-electron chi connectivity index (χ1n) is 21.0. The lowest BCUT2D eigenvalue weighted by Crippen LogP contribution is -2.59. The van der Waals surface area contributed by atoms with Gasteiger partial charge in [0, 0.05) is 29.9 Å². The fraction of sp³-hybridized carbons (Fsp3) is 0.643. The molecular weight excluding hydrogens is 767 g/mol. The molecule has 1 saturated heterocycles. The first kappa shape index (κ1) is 40.2. The van der Waals surface area contributed by atoms with Crippen LogP contribution in [0, 0.1) is 17.8 Å². The van der Waals surface area contributed by atoms with E-state index in [1.54, 1.807) is 13.2 Å². The second-order valence-corrected chi connectivity index (χ2v) is 18.9. The molecule has 4 saturated carbocycles. The van der Waals surface area contributed by atoms with E-state index in [1.807, 2.05) is 19.1 Å². The fourth-order valence-electron chi connectivity index (χ4n) is 9.71. The largest absolute Gasteiger partial charge is 0.496 e. The number of pyridine rings is 1. The zero-order valence-electron chi connectivity index (χ0n) is 33.3. The highest BCUT2D eigenvalue weighted by molar-refractivity contribution is 7.91. The van der Waals surface area contributed by atoms with Crippen LogP contribution in [0.15, 0.2) is 30.9 Å². The van der Waals surface area contributed by atoms with Crippen molar-refractivity contribution in [3.63, 3.8) is 0 Å². The van der Waals surface area contributed by atoms with Crippen molar-refractivity contribution in [2.45, 2.75) is 132 Å². The van der Waals surface area contributed by atoms with Crippen LogP contribution in [0.2, 0.25) is 0 Å². The number of carbonyl (C=O) groups excluding carboxylic acids is 4. The van der Waals surface area contributed by atoms with Crippen molar-refractivity contribution in [3.8, 4) is 17.4 Å². The van der Waals surface area contributed by atoms with Gasteiger partial charge in [-0.1, -0.05) is 18.9 Å². The van der Waals surface area contributed by atoms with Gasteiger partial charge >= 0.3 is 6.09 Å². The number of amides is 4. The maximum absolute atomic E-state index is 14.9. The van der Waals surface area contributed by atoms with Crippen LogP contribution in [0.1, 0.15) is 96.0 Å². The molecule has 0 radical (unpaired) electrons. The van der Waals surface area contributed by atoms with Crippen molar-refractivity contribution < 1.29 is 46.5 Å². The molecule has 5 fully saturated rings. The van der Waals surface area contributed by atoms with Crippen LogP contribution in [0.3, 0.4) is 0 Å². The summed E-state index contributed by atoms with van der Waals surface area (Å²) in [5.41, 5.74) is 0.0190. The van der Waals surface area contributed by atoms with Gasteiger partial charge in [-0.15, -0.1) is 6.58 Å². The Kier molecular flexibility index (Phi) is 11.2. The third-order valence-corrected chi connectivity index (χ3v) is 14.9. The minimum Gasteiger partial charge on any atom is -0.496 e. The van der Waals surface area contributed by atoms with Crippen molar-refractivity contribution >= 4 is 44.7 Å². The lowest BCUT2D eigenvalue weighted by molar-refractivity contribution is -0.142. The molecule has 8 rings (SSSR count). The number of nitrogens with one attached hydrogen (secondary N) is 3. The lowest BCUT2D eigenvalue weighted by atomic mass is 9.95. The predicted octanol–water partition coefficient (Wildman–Crippen LogP) is 4.45. The molecule has 2 aliphatic heterocycles. The summed E-state index contributed by atoms with van der Waals surface area (Å²) in [4.78, 5) is 63.0. The van der Waals surface area contributed by atoms with E-state index in [1.165, 1.54) is 11.0 Å². The highest BCUT2D eigenvalue weighted by Crippen LogP contribution is 2.46. The Morgan fingerprint density at radius 2 is 1.79 bits per heavy atom. The summed E-state index contributed by atoms with van der Waals surface area (Å²) < 4.78 is 52.4. The number of hydrogen-bond donors (Lipinski definition) is 3. The standard InChI is InChI=1S/C42H55N5O10S/c1-4-27-22-42(27,40(50)46-58(52,53)29-16-17-29)45-38(48)32-19-28-23-47(32)39(49)37(25-10-6-7-11-25)44-41(51)57-33-15-9-13-24(33)12-8-14-26-18-30-31(20-34(26)54-3)43-36(55-5-2)21-35(30)56-28/h4,18,20-21,24-25,27-29,32-33,37H,1,5-17,19,22-23H2,2-3H3,(H,44,51)(H,45,48)(H,46,50)/t24-,27+,28+,32-,33+,37-,42+/m0/s1. The molecule has 4 amide bonds. The van der Waals surface area contributed by atoms with E-state index in [2.05, 4.69) is 21.9 Å². The summed E-state index contributed by atoms with van der Waals surface area (Å²) in [6.07, 6.45) is 9.30. The zero-order chi connectivity index (χ0) is 40.8. The smallest absolute Gasteiger partial charge is 0.408 e. The molecule has 314 valence electrons. The topological polar surface area (TPSA) is 192 Å². The van der Waals surface area contributed by atoms with Gasteiger partial charge in [-0.2, -0.15) is 0 Å². The number of aryl methyl sites for hydroxylation is 1. The van der Waals surface area contributed by atoms with E-state index in [0.29, 0.717) is 48.8 Å². The predicted molar refractivity (Wildman–Crippen MR) is 213 cm³/mol. The second-order valence-electron chi connectivity index (χ2n) is 16.9. The molecule has 4 bridgehead atoms. The maximum atomic E-state index is 14.9. The van der Waals surface area contributed by atoms with E-state index in [4.69, 9.17) is 23.9 Å². The minimum absolute atomic E-state index is 0.00148. The number of fused-ring (bicyclic) bond motifs is 4. The van der Waals surface area contributed by atoms with Gasteiger partial charge < -0.3 is 34.5 Å². The molecule has 15 nitrogen and oxygen atoms in total. The number of sulfonamides is 1. The highest BCUT2D eigenvalue weighted by Gasteiger charge is 2.62. The number of aromatic nitrogens is 1. The third kappa shape index (κ3) is 8.04. The van der Waals surface area contributed by atoms with Crippen molar-refractivity contribution in [3.05, 3.63) is 36.4 Å². The zero-order valence-corrected chi connectivity index (χ0v) is 34.2. The summed E-state index contributed by atoms with van der Waals surface area (Å²) in [6, 6.07) is 3.54. The fourth-order valence-corrected chi connectivity index (χ4v) is 11.1. The Morgan fingerprint density at radius 3 is 2.50 bits per heavy atom. The first-order chi connectivity index (χ1) is 27.9. The van der Waals surface area contributed by atoms with E-state index in [-0.39, 0.29) is 37.3 Å². The second kappa shape index (κ2) is 16.2. The van der Waals surface area contributed by atoms with E-state index < -0.39 is 68.7 Å². The van der Waals surface area contributed by atoms with Crippen LogP contribution in [0.25, 0.3) is 10.9 Å². The average Bonchev–Trinajstić information content (AvgIpc) is 3.99. The summed E-state index contributed by atoms with van der Waals surface area (Å²) in [7, 11) is -2.28. The molecule has 2 aromatic rings. The van der Waals surface area contributed by atoms with E-state index >= 15 is 0 Å². The molecule has 16 heteroatoms. The van der Waals surface area contributed by atoms with Gasteiger partial charge in [0.05, 0.1) is 31.0 Å². The van der Waals surface area contributed by atoms with Crippen molar-refractivity contribution in [2.75, 3.05) is 20.3 Å². The Balaban J connectivity index is 1.16.